The maximum atomic E-state index is 14.8. The number of ether oxygens (including phenoxy) is 3. The Morgan fingerprint density at radius 3 is 2.37 bits per heavy atom. The molecule has 0 aliphatic carbocycles. The topological polar surface area (TPSA) is 85.4 Å². The van der Waals surface area contributed by atoms with Gasteiger partial charge in [0.25, 0.3) is 0 Å². The third-order valence-electron chi connectivity index (χ3n) is 7.34. The summed E-state index contributed by atoms with van der Waals surface area (Å²) in [4.78, 5) is 15.0. The van der Waals surface area contributed by atoms with Crippen molar-refractivity contribution in [3.05, 3.63) is 84.4 Å². The zero-order valence-electron chi connectivity index (χ0n) is 27.3. The molecule has 3 aromatic rings. The summed E-state index contributed by atoms with van der Waals surface area (Å²) in [6, 6.07) is 16.4. The number of esters is 1. The van der Waals surface area contributed by atoms with Gasteiger partial charge in [0, 0.05) is 30.9 Å². The Morgan fingerprint density at radius 2 is 1.76 bits per heavy atom. The number of hydrogen-bond acceptors (Lipinski definition) is 8. The number of nitrogens with zero attached hydrogens (tertiary/aromatic N) is 2. The molecule has 46 heavy (non-hydrogen) atoms. The molecule has 1 aliphatic heterocycles. The quantitative estimate of drug-likeness (QED) is 0.0828. The molecule has 0 spiro atoms. The van der Waals surface area contributed by atoms with Crippen LogP contribution in [0.5, 0.6) is 11.5 Å². The highest BCUT2D eigenvalue weighted by molar-refractivity contribution is 7.99. The van der Waals surface area contributed by atoms with Gasteiger partial charge in [-0.3, -0.25) is 0 Å². The van der Waals surface area contributed by atoms with E-state index in [1.165, 1.54) is 42.3 Å². The van der Waals surface area contributed by atoms with E-state index in [1.54, 1.807) is 44.3 Å². The van der Waals surface area contributed by atoms with Gasteiger partial charge in [0.05, 0.1) is 30.0 Å². The molecule has 1 atom stereocenters. The van der Waals surface area contributed by atoms with Gasteiger partial charge >= 0.3 is 5.97 Å². The number of sulfonamides is 1. The normalized spacial score (nSPS) is 16.6. The highest BCUT2D eigenvalue weighted by Crippen LogP contribution is 2.44. The van der Waals surface area contributed by atoms with Crippen LogP contribution in [0.3, 0.4) is 0 Å². The van der Waals surface area contributed by atoms with Gasteiger partial charge in [0.15, 0.2) is 0 Å². The first-order valence-corrected chi connectivity index (χ1v) is 17.8. The highest BCUT2D eigenvalue weighted by Gasteiger charge is 2.40. The Hall–Kier alpha value is -3.54. The molecular weight excluding hydrogens is 628 g/mol. The summed E-state index contributed by atoms with van der Waals surface area (Å²) in [5.41, 5.74) is 1.30. The highest BCUT2D eigenvalue weighted by atomic mass is 32.2. The molecule has 0 saturated heterocycles. The molecule has 0 radical (unpaired) electrons. The number of carbonyl (C=O) groups is 1. The Morgan fingerprint density at radius 1 is 1.07 bits per heavy atom. The maximum absolute atomic E-state index is 14.8. The third-order valence-corrected chi connectivity index (χ3v) is 10.2. The van der Waals surface area contributed by atoms with Gasteiger partial charge in [-0.05, 0) is 81.0 Å². The van der Waals surface area contributed by atoms with Crippen LogP contribution in [0, 0.1) is 5.82 Å². The lowest BCUT2D eigenvalue weighted by Crippen LogP contribution is -2.43. The molecule has 0 saturated carbocycles. The molecule has 3 aromatic carbocycles. The maximum Gasteiger partial charge on any atom is 0.334 e. The third kappa shape index (κ3) is 8.83. The van der Waals surface area contributed by atoms with E-state index >= 15 is 0 Å². The molecular formula is C35H43FN2O6S2. The monoisotopic (exact) mass is 670 g/mol. The van der Waals surface area contributed by atoms with Gasteiger partial charge in [0.1, 0.15) is 27.8 Å². The van der Waals surface area contributed by atoms with Gasteiger partial charge < -0.3 is 19.1 Å². The zero-order chi connectivity index (χ0) is 33.5. The second-order valence-electron chi connectivity index (χ2n) is 11.9. The van der Waals surface area contributed by atoms with Crippen molar-refractivity contribution in [2.45, 2.75) is 81.9 Å². The number of carbonyl (C=O) groups excluding carboxylic acids is 1. The molecule has 8 nitrogen and oxygen atoms in total. The van der Waals surface area contributed by atoms with Gasteiger partial charge in [-0.1, -0.05) is 38.8 Å². The van der Waals surface area contributed by atoms with E-state index in [2.05, 4.69) is 6.92 Å². The fourth-order valence-corrected chi connectivity index (χ4v) is 7.78. The number of benzene rings is 3. The summed E-state index contributed by atoms with van der Waals surface area (Å²) >= 11 is 1.49. The molecule has 1 heterocycles. The largest absolute Gasteiger partial charge is 0.497 e. The van der Waals surface area contributed by atoms with Crippen molar-refractivity contribution >= 4 is 39.1 Å². The average molecular weight is 671 g/mol. The van der Waals surface area contributed by atoms with E-state index < -0.39 is 21.6 Å². The minimum atomic E-state index is -4.10. The fraction of sp³-hybridized carbons (Fsp3) is 0.400. The molecule has 0 bridgehead atoms. The molecule has 1 aliphatic rings. The minimum Gasteiger partial charge on any atom is -0.497 e. The zero-order valence-corrected chi connectivity index (χ0v) is 28.9. The molecule has 0 fully saturated rings. The lowest BCUT2D eigenvalue weighted by Gasteiger charge is -2.31. The van der Waals surface area contributed by atoms with Crippen LogP contribution < -0.4 is 14.4 Å². The first-order valence-electron chi connectivity index (χ1n) is 15.4. The van der Waals surface area contributed by atoms with Crippen molar-refractivity contribution in [2.75, 3.05) is 24.3 Å². The van der Waals surface area contributed by atoms with E-state index in [9.17, 15) is 17.6 Å². The number of thioether (sulfide) groups is 1. The Bertz CT molecular complexity index is 1620. The van der Waals surface area contributed by atoms with Crippen LogP contribution in [0.4, 0.5) is 15.8 Å². The van der Waals surface area contributed by atoms with Crippen molar-refractivity contribution in [1.29, 1.82) is 0 Å². The smallest absolute Gasteiger partial charge is 0.334 e. The molecule has 4 rings (SSSR count). The van der Waals surface area contributed by atoms with Crippen LogP contribution in [0.15, 0.2) is 82.8 Å². The lowest BCUT2D eigenvalue weighted by molar-refractivity contribution is -0.148. The Kier molecular flexibility index (Phi) is 11.8. The van der Waals surface area contributed by atoms with E-state index in [0.29, 0.717) is 46.5 Å². The number of unbranched alkanes of at least 4 members (excludes halogenated alkanes) is 1. The molecule has 248 valence electrons. The van der Waals surface area contributed by atoms with Gasteiger partial charge in [0.2, 0.25) is 10.0 Å². The van der Waals surface area contributed by atoms with Crippen molar-refractivity contribution in [3.63, 3.8) is 0 Å². The molecule has 0 amide bonds. The van der Waals surface area contributed by atoms with Crippen molar-refractivity contribution in [3.8, 4) is 11.5 Å². The predicted octanol–water partition coefficient (Wildman–Crippen LogP) is 8.08. The number of methoxy groups -OCH3 is 1. The summed E-state index contributed by atoms with van der Waals surface area (Å²) in [7, 11) is -2.51. The number of hydrogen-bond donors (Lipinski definition) is 0. The second kappa shape index (κ2) is 15.4. The van der Waals surface area contributed by atoms with Crippen LogP contribution in [0.25, 0.3) is 0 Å². The van der Waals surface area contributed by atoms with Crippen LogP contribution in [-0.2, 0) is 26.1 Å². The molecule has 11 heteroatoms. The average Bonchev–Trinajstić information content (AvgIpc) is 3.08. The van der Waals surface area contributed by atoms with Crippen LogP contribution in [0.1, 0.15) is 59.4 Å². The van der Waals surface area contributed by atoms with Gasteiger partial charge in [-0.25, -0.2) is 17.6 Å². The van der Waals surface area contributed by atoms with Crippen molar-refractivity contribution in [2.24, 2.45) is 0 Å². The number of fused-ring (bicyclic) bond motifs is 1. The summed E-state index contributed by atoms with van der Waals surface area (Å²) in [6.45, 7) is 9.89. The first kappa shape index (κ1) is 35.3. The number of halogens is 1. The first-order chi connectivity index (χ1) is 21.9. The molecule has 0 N–H and O–H groups in total. The van der Waals surface area contributed by atoms with E-state index in [0.717, 1.165) is 18.4 Å². The summed E-state index contributed by atoms with van der Waals surface area (Å²) in [5.74, 6) is 0.713. The van der Waals surface area contributed by atoms with Crippen LogP contribution in [-0.4, -0.2) is 49.7 Å². The molecule has 0 aromatic heterocycles. The van der Waals surface area contributed by atoms with E-state index in [1.807, 2.05) is 42.2 Å². The predicted molar refractivity (Wildman–Crippen MR) is 181 cm³/mol. The van der Waals surface area contributed by atoms with E-state index in [4.69, 9.17) is 14.2 Å². The second-order valence-corrected chi connectivity index (χ2v) is 15.1. The standard InChI is InChI=1S/C35H43FN2O6S2/c1-7-9-10-28-24-37(27-15-13-26(36)14-16-27)30-21-32(45-8-2)31(43-20-19-34(39)44-35(3,4)5)22-33(30)46(40,41)38(28)23-25-11-17-29(42-6)18-12-25/h11-22,28H,7-10,23-24H2,1-6H3/b20-19+. The summed E-state index contributed by atoms with van der Waals surface area (Å²) < 4.78 is 61.8. The van der Waals surface area contributed by atoms with Crippen molar-refractivity contribution < 1.29 is 31.8 Å². The Balaban J connectivity index is 1.88. The summed E-state index contributed by atoms with van der Waals surface area (Å²) in [6.07, 6.45) is 4.75. The number of rotatable bonds is 12. The fourth-order valence-electron chi connectivity index (χ4n) is 5.20. The number of anilines is 2. The van der Waals surface area contributed by atoms with Crippen molar-refractivity contribution in [1.82, 2.24) is 4.31 Å². The van der Waals surface area contributed by atoms with Crippen LogP contribution in [0.2, 0.25) is 0 Å². The van der Waals surface area contributed by atoms with Crippen LogP contribution >= 0.6 is 11.8 Å². The lowest BCUT2D eigenvalue weighted by atomic mass is 10.1. The Labute approximate surface area is 276 Å². The van der Waals surface area contributed by atoms with Gasteiger partial charge in [-0.15, -0.1) is 11.8 Å². The summed E-state index contributed by atoms with van der Waals surface area (Å²) in [5, 5.41) is 0. The molecule has 1 unspecified atom stereocenters. The minimum absolute atomic E-state index is 0.0606. The van der Waals surface area contributed by atoms with Gasteiger partial charge in [-0.2, -0.15) is 4.31 Å². The van der Waals surface area contributed by atoms with E-state index in [-0.39, 0.29) is 23.3 Å². The SMILES string of the molecule is CCCCC1CN(c2ccc(F)cc2)c2cc(SCC)c(O/C=C/C(=O)OC(C)(C)C)cc2S(=O)(=O)N1Cc1ccc(OC)cc1.